The van der Waals surface area contributed by atoms with Gasteiger partial charge in [-0.05, 0) is 67.6 Å². The second-order valence-electron chi connectivity index (χ2n) is 10.5. The van der Waals surface area contributed by atoms with Crippen LogP contribution in [0.3, 0.4) is 0 Å². The van der Waals surface area contributed by atoms with E-state index in [1.54, 1.807) is 37.4 Å². The maximum atomic E-state index is 13.6. The number of pyridine rings is 1. The first-order chi connectivity index (χ1) is 19.8. The van der Waals surface area contributed by atoms with Gasteiger partial charge in [0.05, 0.1) is 5.52 Å². The van der Waals surface area contributed by atoms with Gasteiger partial charge in [-0.25, -0.2) is 4.98 Å². The molecule has 1 aliphatic carbocycles. The normalized spacial score (nSPS) is 17.8. The zero-order chi connectivity index (χ0) is 30.6. The molecule has 8 nitrogen and oxygen atoms in total. The summed E-state index contributed by atoms with van der Waals surface area (Å²) in [4.78, 5) is 41.8. The third-order valence-electron chi connectivity index (χ3n) is 7.33. The maximum Gasteiger partial charge on any atom is 0.433 e. The van der Waals surface area contributed by atoms with Crippen molar-refractivity contribution >= 4 is 46.0 Å². The number of hydrogen-bond acceptors (Lipinski definition) is 6. The van der Waals surface area contributed by atoms with Crippen molar-refractivity contribution in [2.45, 2.75) is 70.3 Å². The summed E-state index contributed by atoms with van der Waals surface area (Å²) in [7, 11) is 1.76. The van der Waals surface area contributed by atoms with Crippen LogP contribution in [-0.4, -0.2) is 47.9 Å². The average molecular weight is 605 g/mol. The molecular weight excluding hydrogens is 573 g/mol. The first kappa shape index (κ1) is 31.1. The molecule has 0 saturated heterocycles. The Bertz CT molecular complexity index is 1460. The van der Waals surface area contributed by atoms with E-state index in [9.17, 15) is 27.6 Å². The number of amides is 2. The zero-order valence-electron chi connectivity index (χ0n) is 23.4. The van der Waals surface area contributed by atoms with Crippen molar-refractivity contribution in [2.24, 2.45) is 0 Å². The highest BCUT2D eigenvalue weighted by atomic mass is 35.5. The van der Waals surface area contributed by atoms with Gasteiger partial charge < -0.3 is 20.3 Å². The van der Waals surface area contributed by atoms with Gasteiger partial charge >= 0.3 is 12.1 Å². The molecule has 0 radical (unpaired) electrons. The predicted octanol–water partition coefficient (Wildman–Crippen LogP) is 5.44. The fourth-order valence-corrected chi connectivity index (χ4v) is 5.45. The van der Waals surface area contributed by atoms with Crippen LogP contribution in [0.2, 0.25) is 5.02 Å². The van der Waals surface area contributed by atoms with Crippen molar-refractivity contribution < 1.29 is 32.3 Å². The molecule has 1 heterocycles. The molecule has 1 fully saturated rings. The van der Waals surface area contributed by atoms with Crippen LogP contribution in [-0.2, 0) is 27.0 Å². The lowest BCUT2D eigenvalue weighted by atomic mass is 9.89. The van der Waals surface area contributed by atoms with Crippen molar-refractivity contribution in [3.8, 4) is 5.75 Å². The number of nitrogens with zero attached hydrogens (tertiary/aromatic N) is 2. The van der Waals surface area contributed by atoms with Gasteiger partial charge in [0.1, 0.15) is 17.5 Å². The predicted molar refractivity (Wildman–Crippen MR) is 153 cm³/mol. The van der Waals surface area contributed by atoms with Gasteiger partial charge in [-0.1, -0.05) is 23.7 Å². The Hall–Kier alpha value is -3.86. The van der Waals surface area contributed by atoms with E-state index in [-0.39, 0.29) is 35.8 Å². The van der Waals surface area contributed by atoms with Gasteiger partial charge in [0.15, 0.2) is 0 Å². The summed E-state index contributed by atoms with van der Waals surface area (Å²) in [6.45, 7) is 2.64. The van der Waals surface area contributed by atoms with E-state index in [0.29, 0.717) is 47.5 Å². The number of carbonyl (C=O) groups is 3. The minimum absolute atomic E-state index is 0.0642. The number of alkyl halides is 3. The van der Waals surface area contributed by atoms with Crippen LogP contribution in [0.4, 0.5) is 18.9 Å². The highest BCUT2D eigenvalue weighted by molar-refractivity contribution is 6.31. The van der Waals surface area contributed by atoms with Crippen molar-refractivity contribution in [2.75, 3.05) is 11.9 Å². The molecule has 1 aromatic heterocycles. The second-order valence-corrected chi connectivity index (χ2v) is 10.9. The Balaban J connectivity index is 1.41. The number of halogens is 4. The van der Waals surface area contributed by atoms with E-state index < -0.39 is 23.9 Å². The molecule has 2 amide bonds. The van der Waals surface area contributed by atoms with Gasteiger partial charge in [-0.15, -0.1) is 0 Å². The largest absolute Gasteiger partial charge is 0.433 e. The highest BCUT2D eigenvalue weighted by Crippen LogP contribution is 2.37. The Kier molecular flexibility index (Phi) is 9.60. The molecule has 42 heavy (non-hydrogen) atoms. The van der Waals surface area contributed by atoms with Crippen LogP contribution in [0.5, 0.6) is 5.75 Å². The fourth-order valence-electron chi connectivity index (χ4n) is 5.27. The number of aromatic nitrogens is 1. The molecule has 0 unspecified atom stereocenters. The Labute approximate surface area is 246 Å². The summed E-state index contributed by atoms with van der Waals surface area (Å²) >= 11 is 6.16. The number of fused-ring (bicyclic) bond motifs is 1. The second kappa shape index (κ2) is 13.0. The standard InChI is InChI=1S/C30H32ClF3N4O4/c1-17(39)35-26(14-19-4-11-23(12-5-19)42-18(2)40)29(41)36-21-7-9-22(10-8-21)38(3)27-16-28(30(32,33)34)37-25-13-6-20(31)15-24(25)27/h4-6,11-13,15-16,21-22,26H,7-10,14H2,1-3H3,(H,35,39)(H,36,41)/t21?,22?,26-/m0/s1. The number of esters is 1. The summed E-state index contributed by atoms with van der Waals surface area (Å²) < 4.78 is 45.9. The van der Waals surface area contributed by atoms with Gasteiger partial charge in [0, 0.05) is 55.5 Å². The molecule has 1 atom stereocenters. The summed E-state index contributed by atoms with van der Waals surface area (Å²) in [5.74, 6) is -0.731. The lowest BCUT2D eigenvalue weighted by molar-refractivity contribution is -0.141. The van der Waals surface area contributed by atoms with Crippen LogP contribution in [0.1, 0.15) is 50.8 Å². The monoisotopic (exact) mass is 604 g/mol. The molecule has 0 bridgehead atoms. The molecule has 2 N–H and O–H groups in total. The lowest BCUT2D eigenvalue weighted by Gasteiger charge is -2.37. The van der Waals surface area contributed by atoms with Gasteiger partial charge in [-0.3, -0.25) is 14.4 Å². The summed E-state index contributed by atoms with van der Waals surface area (Å²) in [5.41, 5.74) is 0.410. The van der Waals surface area contributed by atoms with Crippen LogP contribution in [0.25, 0.3) is 10.9 Å². The number of benzene rings is 2. The average Bonchev–Trinajstić information content (AvgIpc) is 2.92. The van der Waals surface area contributed by atoms with Gasteiger partial charge in [-0.2, -0.15) is 13.2 Å². The van der Waals surface area contributed by atoms with Crippen molar-refractivity contribution in [3.63, 3.8) is 0 Å². The first-order valence-electron chi connectivity index (χ1n) is 13.6. The number of rotatable bonds is 8. The SMILES string of the molecule is CC(=O)N[C@@H](Cc1ccc(OC(C)=O)cc1)C(=O)NC1CCC(N(C)c2cc(C(F)(F)F)nc3ccc(Cl)cc23)CC1. The van der Waals surface area contributed by atoms with E-state index in [1.807, 2.05) is 4.90 Å². The Morgan fingerprint density at radius 3 is 2.31 bits per heavy atom. The Morgan fingerprint density at radius 1 is 1.05 bits per heavy atom. The molecular formula is C30H32ClF3N4O4. The molecule has 2 aromatic carbocycles. The summed E-state index contributed by atoms with van der Waals surface area (Å²) in [5, 5.41) is 6.67. The van der Waals surface area contributed by atoms with Gasteiger partial charge in [0.25, 0.3) is 0 Å². The molecule has 3 aromatic rings. The van der Waals surface area contributed by atoms with E-state index >= 15 is 0 Å². The molecule has 0 spiro atoms. The zero-order valence-corrected chi connectivity index (χ0v) is 24.2. The summed E-state index contributed by atoms with van der Waals surface area (Å²) in [6.07, 6.45) is -1.87. The van der Waals surface area contributed by atoms with Crippen LogP contribution in [0, 0.1) is 0 Å². The summed E-state index contributed by atoms with van der Waals surface area (Å²) in [6, 6.07) is 11.3. The number of anilines is 1. The van der Waals surface area contributed by atoms with E-state index in [1.165, 1.54) is 26.0 Å². The Morgan fingerprint density at radius 2 is 1.71 bits per heavy atom. The molecule has 224 valence electrons. The van der Waals surface area contributed by atoms with E-state index in [4.69, 9.17) is 16.3 Å². The minimum atomic E-state index is -4.60. The van der Waals surface area contributed by atoms with Gasteiger partial charge in [0.2, 0.25) is 11.8 Å². The van der Waals surface area contributed by atoms with Crippen LogP contribution < -0.4 is 20.3 Å². The number of nitrogens with one attached hydrogen (secondary N) is 2. The third kappa shape index (κ3) is 7.90. The van der Waals surface area contributed by atoms with E-state index in [2.05, 4.69) is 15.6 Å². The van der Waals surface area contributed by atoms with Crippen LogP contribution in [0.15, 0.2) is 48.5 Å². The van der Waals surface area contributed by atoms with Crippen molar-refractivity contribution in [1.82, 2.24) is 15.6 Å². The molecule has 1 aliphatic rings. The third-order valence-corrected chi connectivity index (χ3v) is 7.56. The first-order valence-corrected chi connectivity index (χ1v) is 13.9. The fraction of sp³-hybridized carbons (Fsp3) is 0.400. The maximum absolute atomic E-state index is 13.6. The number of hydrogen-bond donors (Lipinski definition) is 2. The lowest BCUT2D eigenvalue weighted by Crippen LogP contribution is -2.51. The van der Waals surface area contributed by atoms with Crippen molar-refractivity contribution in [1.29, 1.82) is 0 Å². The topological polar surface area (TPSA) is 101 Å². The van der Waals surface area contributed by atoms with Crippen molar-refractivity contribution in [3.05, 3.63) is 64.8 Å². The molecule has 0 aliphatic heterocycles. The van der Waals surface area contributed by atoms with Crippen LogP contribution >= 0.6 is 11.6 Å². The number of ether oxygens (including phenoxy) is 1. The molecule has 4 rings (SSSR count). The molecule has 1 saturated carbocycles. The molecule has 12 heteroatoms. The number of carbonyl (C=O) groups excluding carboxylic acids is 3. The smallest absolute Gasteiger partial charge is 0.427 e. The minimum Gasteiger partial charge on any atom is -0.427 e. The highest BCUT2D eigenvalue weighted by Gasteiger charge is 2.35. The van der Waals surface area contributed by atoms with E-state index in [0.717, 1.165) is 11.6 Å². The quantitative estimate of drug-likeness (QED) is 0.262.